The van der Waals surface area contributed by atoms with Crippen molar-refractivity contribution in [1.29, 1.82) is 0 Å². The van der Waals surface area contributed by atoms with Crippen molar-refractivity contribution >= 4 is 11.9 Å². The van der Waals surface area contributed by atoms with Crippen LogP contribution in [0.3, 0.4) is 0 Å². The number of aliphatic carboxylic acids is 1. The van der Waals surface area contributed by atoms with E-state index in [4.69, 9.17) is 9.84 Å². The van der Waals surface area contributed by atoms with Crippen molar-refractivity contribution in [1.82, 2.24) is 0 Å². The van der Waals surface area contributed by atoms with E-state index in [1.54, 1.807) is 6.92 Å². The van der Waals surface area contributed by atoms with Gasteiger partial charge in [0.05, 0.1) is 0 Å². The molecular weight excluding hydrogens is 220 g/mol. The molecule has 0 radical (unpaired) electrons. The number of hydrogen-bond acceptors (Lipinski definition) is 3. The Kier molecular flexibility index (Phi) is 6.63. The number of carboxylic acid groups (broad SMARTS) is 1. The molecule has 4 heteroatoms. The van der Waals surface area contributed by atoms with Crippen LogP contribution < -0.4 is 0 Å². The molecule has 17 heavy (non-hydrogen) atoms. The minimum atomic E-state index is -0.935. The Balaban J connectivity index is 0.000000366. The van der Waals surface area contributed by atoms with Crippen LogP contribution in [-0.2, 0) is 14.3 Å². The fraction of sp³-hybridized carbons (Fsp3) is 0.385. The van der Waals surface area contributed by atoms with E-state index in [1.165, 1.54) is 6.92 Å². The van der Waals surface area contributed by atoms with Crippen molar-refractivity contribution in [3.63, 3.8) is 0 Å². The van der Waals surface area contributed by atoms with Crippen molar-refractivity contribution in [3.05, 3.63) is 36.1 Å². The van der Waals surface area contributed by atoms with Crippen LogP contribution in [0.15, 0.2) is 36.1 Å². The number of carbonyl (C=O) groups is 2. The summed E-state index contributed by atoms with van der Waals surface area (Å²) in [5.41, 5.74) is 0.632. The van der Waals surface area contributed by atoms with Crippen molar-refractivity contribution in [3.8, 4) is 0 Å². The van der Waals surface area contributed by atoms with Gasteiger partial charge in [0.15, 0.2) is 0 Å². The first-order valence-electron chi connectivity index (χ1n) is 5.30. The molecule has 0 spiro atoms. The second-order valence-electron chi connectivity index (χ2n) is 3.82. The Morgan fingerprint density at radius 3 is 2.12 bits per heavy atom. The van der Waals surface area contributed by atoms with Gasteiger partial charge in [-0.05, 0) is 32.8 Å². The van der Waals surface area contributed by atoms with E-state index in [2.05, 4.69) is 13.2 Å². The number of carboxylic acids is 1. The summed E-state index contributed by atoms with van der Waals surface area (Å²) in [6, 6.07) is 0. The number of esters is 1. The molecular formula is C13H18O4. The molecule has 1 aliphatic rings. The lowest BCUT2D eigenvalue weighted by atomic mass is 10.3. The molecule has 1 rings (SSSR count). The first kappa shape index (κ1) is 15.2. The topological polar surface area (TPSA) is 63.6 Å². The van der Waals surface area contributed by atoms with Crippen molar-refractivity contribution < 1.29 is 19.4 Å². The molecule has 94 valence electrons. The smallest absolute Gasteiger partial charge is 0.338 e. The summed E-state index contributed by atoms with van der Waals surface area (Å²) in [4.78, 5) is 20.5. The Labute approximate surface area is 101 Å². The zero-order valence-electron chi connectivity index (χ0n) is 10.3. The molecule has 0 aromatic rings. The molecule has 0 aliphatic heterocycles. The van der Waals surface area contributed by atoms with E-state index < -0.39 is 5.97 Å². The molecule has 0 unspecified atom stereocenters. The molecule has 0 aromatic carbocycles. The van der Waals surface area contributed by atoms with Crippen LogP contribution in [-0.4, -0.2) is 17.0 Å². The zero-order valence-corrected chi connectivity index (χ0v) is 10.3. The predicted octanol–water partition coefficient (Wildman–Crippen LogP) is 2.82. The first-order valence-corrected chi connectivity index (χ1v) is 5.30. The quantitative estimate of drug-likeness (QED) is 0.606. The number of carbonyl (C=O) groups excluding carboxylic acids is 1. The molecule has 4 nitrogen and oxygen atoms in total. The average molecular weight is 238 g/mol. The summed E-state index contributed by atoms with van der Waals surface area (Å²) < 4.78 is 5.00. The molecule has 0 heterocycles. The summed E-state index contributed by atoms with van der Waals surface area (Å²) in [6.45, 7) is 9.75. The second kappa shape index (κ2) is 7.44. The molecule has 1 N–H and O–H groups in total. The fourth-order valence-corrected chi connectivity index (χ4v) is 0.940. The van der Waals surface area contributed by atoms with Gasteiger partial charge in [-0.3, -0.25) is 0 Å². The SMILES string of the molecule is C=C(C)C(=O)O.C=C(C)C(=O)OC1=CCCC1. The van der Waals surface area contributed by atoms with E-state index in [0.717, 1.165) is 25.0 Å². The summed E-state index contributed by atoms with van der Waals surface area (Å²) in [6.07, 6.45) is 4.97. The third-order valence-electron chi connectivity index (χ3n) is 1.94. The van der Waals surface area contributed by atoms with E-state index in [1.807, 2.05) is 6.08 Å². The average Bonchev–Trinajstić information content (AvgIpc) is 2.71. The van der Waals surface area contributed by atoms with Gasteiger partial charge >= 0.3 is 11.9 Å². The number of hydrogen-bond donors (Lipinski definition) is 1. The molecule has 0 saturated heterocycles. The summed E-state index contributed by atoms with van der Waals surface area (Å²) in [7, 11) is 0. The van der Waals surface area contributed by atoms with Crippen LogP contribution in [0, 0.1) is 0 Å². The molecule has 0 fully saturated rings. The Hall–Kier alpha value is -1.84. The Bertz CT molecular complexity index is 352. The van der Waals surface area contributed by atoms with Gasteiger partial charge in [0, 0.05) is 17.6 Å². The van der Waals surface area contributed by atoms with Gasteiger partial charge in [-0.1, -0.05) is 13.2 Å². The van der Waals surface area contributed by atoms with Crippen molar-refractivity contribution in [2.75, 3.05) is 0 Å². The highest BCUT2D eigenvalue weighted by atomic mass is 16.5. The summed E-state index contributed by atoms with van der Waals surface area (Å²) in [5.74, 6) is -0.439. The standard InChI is InChI=1S/C9H12O2.C4H6O2/c1-7(2)9(10)11-8-5-3-4-6-8;1-3(2)4(5)6/h5H,1,3-4,6H2,2H3;1H2,2H3,(H,5,6). The highest BCUT2D eigenvalue weighted by Crippen LogP contribution is 2.19. The maximum atomic E-state index is 10.9. The number of allylic oxidation sites excluding steroid dienone is 2. The predicted molar refractivity (Wildman–Crippen MR) is 65.3 cm³/mol. The third-order valence-corrected chi connectivity index (χ3v) is 1.94. The molecule has 0 bridgehead atoms. The van der Waals surface area contributed by atoms with Crippen LogP contribution in [0.5, 0.6) is 0 Å². The molecule has 0 saturated carbocycles. The Morgan fingerprint density at radius 2 is 1.82 bits per heavy atom. The van der Waals surface area contributed by atoms with Gasteiger partial charge in [0.1, 0.15) is 5.76 Å². The van der Waals surface area contributed by atoms with Gasteiger partial charge in [0.2, 0.25) is 0 Å². The van der Waals surface area contributed by atoms with Gasteiger partial charge in [-0.25, -0.2) is 9.59 Å². The minimum Gasteiger partial charge on any atom is -0.478 e. The summed E-state index contributed by atoms with van der Waals surface area (Å²) >= 11 is 0. The molecule has 0 atom stereocenters. The minimum absolute atomic E-state index is 0.176. The van der Waals surface area contributed by atoms with E-state index in [9.17, 15) is 9.59 Å². The first-order chi connectivity index (χ1) is 7.84. The molecule has 1 aliphatic carbocycles. The van der Waals surface area contributed by atoms with Crippen LogP contribution >= 0.6 is 0 Å². The third kappa shape index (κ3) is 7.11. The van der Waals surface area contributed by atoms with E-state index in [-0.39, 0.29) is 11.5 Å². The van der Waals surface area contributed by atoms with E-state index in [0.29, 0.717) is 5.57 Å². The van der Waals surface area contributed by atoms with Crippen molar-refractivity contribution in [2.24, 2.45) is 0 Å². The van der Waals surface area contributed by atoms with Gasteiger partial charge < -0.3 is 9.84 Å². The Morgan fingerprint density at radius 1 is 1.29 bits per heavy atom. The maximum absolute atomic E-state index is 10.9. The number of ether oxygens (including phenoxy) is 1. The summed E-state index contributed by atoms with van der Waals surface area (Å²) in [5, 5.41) is 7.89. The molecule has 0 aromatic heterocycles. The van der Waals surface area contributed by atoms with E-state index >= 15 is 0 Å². The highest BCUT2D eigenvalue weighted by Gasteiger charge is 2.10. The normalized spacial score (nSPS) is 12.9. The lowest BCUT2D eigenvalue weighted by Gasteiger charge is -2.02. The second-order valence-corrected chi connectivity index (χ2v) is 3.82. The fourth-order valence-electron chi connectivity index (χ4n) is 0.940. The van der Waals surface area contributed by atoms with Gasteiger partial charge in [-0.15, -0.1) is 0 Å². The number of rotatable bonds is 3. The van der Waals surface area contributed by atoms with Crippen LogP contribution in [0.25, 0.3) is 0 Å². The van der Waals surface area contributed by atoms with Crippen LogP contribution in [0.1, 0.15) is 33.1 Å². The largest absolute Gasteiger partial charge is 0.478 e. The van der Waals surface area contributed by atoms with Crippen LogP contribution in [0.2, 0.25) is 0 Å². The van der Waals surface area contributed by atoms with Crippen molar-refractivity contribution in [2.45, 2.75) is 33.1 Å². The van der Waals surface area contributed by atoms with Crippen LogP contribution in [0.4, 0.5) is 0 Å². The lowest BCUT2D eigenvalue weighted by Crippen LogP contribution is -2.03. The van der Waals surface area contributed by atoms with Gasteiger partial charge in [-0.2, -0.15) is 0 Å². The maximum Gasteiger partial charge on any atom is 0.338 e. The lowest BCUT2D eigenvalue weighted by molar-refractivity contribution is -0.135. The highest BCUT2D eigenvalue weighted by molar-refractivity contribution is 5.87. The monoisotopic (exact) mass is 238 g/mol. The molecule has 0 amide bonds. The van der Waals surface area contributed by atoms with Gasteiger partial charge in [0.25, 0.3) is 0 Å². The zero-order chi connectivity index (χ0) is 13.4.